The quantitative estimate of drug-likeness (QED) is 0.175. The first-order valence-electron chi connectivity index (χ1n) is 16.1. The number of benzene rings is 4. The molecule has 2 aliphatic rings. The van der Waals surface area contributed by atoms with Crippen molar-refractivity contribution in [3.05, 3.63) is 168 Å². The summed E-state index contributed by atoms with van der Waals surface area (Å²) in [7, 11) is 0. The van der Waals surface area contributed by atoms with Crippen LogP contribution in [-0.4, -0.2) is 9.97 Å². The van der Waals surface area contributed by atoms with Gasteiger partial charge in [0.2, 0.25) is 0 Å². The van der Waals surface area contributed by atoms with Crippen LogP contribution in [0.2, 0.25) is 0 Å². The van der Waals surface area contributed by atoms with Gasteiger partial charge in [-0.2, -0.15) is 0 Å². The summed E-state index contributed by atoms with van der Waals surface area (Å²) in [5.74, 6) is 0. The minimum atomic E-state index is 0. The van der Waals surface area contributed by atoms with Crippen molar-refractivity contribution in [3.8, 4) is 44.5 Å². The summed E-state index contributed by atoms with van der Waals surface area (Å²) in [6.07, 6.45) is 8.41. The first kappa shape index (κ1) is 30.3. The third-order valence-corrected chi connectivity index (χ3v) is 8.86. The largest absolute Gasteiger partial charge is 0.657 e. The van der Waals surface area contributed by atoms with Crippen molar-refractivity contribution in [2.75, 3.05) is 0 Å². The molecule has 3 aromatic heterocycles. The molecule has 0 radical (unpaired) electrons. The third kappa shape index (κ3) is 5.55. The molecule has 0 fully saturated rings. The number of rotatable bonds is 4. The van der Waals surface area contributed by atoms with Crippen LogP contribution < -0.4 is 9.97 Å². The molecule has 0 N–H and O–H groups in total. The Kier molecular flexibility index (Phi) is 7.97. The van der Waals surface area contributed by atoms with E-state index >= 15 is 0 Å². The third-order valence-electron chi connectivity index (χ3n) is 8.86. The minimum Gasteiger partial charge on any atom is -0.657 e. The van der Waals surface area contributed by atoms with Crippen LogP contribution in [0.4, 0.5) is 0 Å². The first-order valence-corrected chi connectivity index (χ1v) is 16.1. The van der Waals surface area contributed by atoms with Gasteiger partial charge in [0.1, 0.15) is 0 Å². The summed E-state index contributed by atoms with van der Waals surface area (Å²) in [6.45, 7) is 0. The Morgan fingerprint density at radius 2 is 0.510 bits per heavy atom. The van der Waals surface area contributed by atoms with Crippen LogP contribution in [0, 0.1) is 0 Å². The maximum absolute atomic E-state index is 5.31. The molecule has 0 saturated heterocycles. The fourth-order valence-electron chi connectivity index (χ4n) is 6.69. The molecule has 0 unspecified atom stereocenters. The van der Waals surface area contributed by atoms with Crippen molar-refractivity contribution in [2.45, 2.75) is 0 Å². The molecule has 5 heteroatoms. The Balaban J connectivity index is 0.00000348. The summed E-state index contributed by atoms with van der Waals surface area (Å²) in [6, 6.07) is 50.0. The number of hydrogen-bond acceptors (Lipinski definition) is 2. The molecule has 7 aromatic rings. The molecule has 4 aromatic carbocycles. The standard InChI is InChI=1S/C44H28N4.Ni/c1-5-13-29(14-6-1)41-33-21-23-35(45-33)42(30-15-7-2-8-16-30)37-25-27-39(47-37)44(32-19-11-4-12-20-32)40-28-26-38(48-40)43(31-17-9-3-10-18-31)36-24-22-34(41)46-36;/h1-28H;/q-2;. The zero-order valence-corrected chi connectivity index (χ0v) is 27.3. The van der Waals surface area contributed by atoms with Crippen molar-refractivity contribution >= 4 is 46.4 Å². The monoisotopic (exact) mass is 670 g/mol. The van der Waals surface area contributed by atoms with E-state index in [9.17, 15) is 0 Å². The molecular formula is C44H28N4Ni-2. The van der Waals surface area contributed by atoms with Gasteiger partial charge in [0.15, 0.2) is 0 Å². The molecule has 0 aliphatic carbocycles. The minimum absolute atomic E-state index is 0. The van der Waals surface area contributed by atoms with Crippen molar-refractivity contribution in [1.82, 2.24) is 19.9 Å². The Morgan fingerprint density at radius 1 is 0.286 bits per heavy atom. The zero-order chi connectivity index (χ0) is 31.9. The second-order valence-electron chi connectivity index (χ2n) is 11.8. The molecule has 236 valence electrons. The predicted octanol–water partition coefficient (Wildman–Crippen LogP) is 10.6. The van der Waals surface area contributed by atoms with Crippen LogP contribution in [0.3, 0.4) is 0 Å². The molecular weight excluding hydrogens is 643 g/mol. The van der Waals surface area contributed by atoms with Crippen LogP contribution >= 0.6 is 0 Å². The van der Waals surface area contributed by atoms with Crippen LogP contribution in [-0.2, 0) is 16.5 Å². The summed E-state index contributed by atoms with van der Waals surface area (Å²) in [5.41, 5.74) is 15.0. The van der Waals surface area contributed by atoms with Gasteiger partial charge >= 0.3 is 0 Å². The van der Waals surface area contributed by atoms with Gasteiger partial charge in [-0.25, -0.2) is 9.97 Å². The number of hydrogen-bond donors (Lipinski definition) is 0. The van der Waals surface area contributed by atoms with E-state index in [2.05, 4.69) is 146 Å². The molecule has 0 atom stereocenters. The average Bonchev–Trinajstić information content (AvgIpc) is 3.98. The Bertz CT molecular complexity index is 2180. The van der Waals surface area contributed by atoms with Gasteiger partial charge in [-0.3, -0.25) is 0 Å². The smallest absolute Gasteiger partial charge is 0.0704 e. The molecule has 4 nitrogen and oxygen atoms in total. The van der Waals surface area contributed by atoms with E-state index in [0.717, 1.165) is 89.4 Å². The van der Waals surface area contributed by atoms with E-state index < -0.39 is 0 Å². The molecule has 0 saturated carbocycles. The van der Waals surface area contributed by atoms with Crippen molar-refractivity contribution in [1.29, 1.82) is 0 Å². The van der Waals surface area contributed by atoms with E-state index in [4.69, 9.17) is 19.9 Å². The van der Waals surface area contributed by atoms with Crippen LogP contribution in [0.1, 0.15) is 22.8 Å². The van der Waals surface area contributed by atoms with E-state index in [1.807, 2.05) is 24.3 Å². The van der Waals surface area contributed by atoms with Gasteiger partial charge in [-0.15, -0.1) is 22.1 Å². The van der Waals surface area contributed by atoms with Gasteiger partial charge in [0.25, 0.3) is 0 Å². The van der Waals surface area contributed by atoms with Gasteiger partial charge in [0, 0.05) is 16.5 Å². The maximum Gasteiger partial charge on any atom is 0.0704 e. The topological polar surface area (TPSA) is 54.0 Å². The number of fused-ring (bicyclic) bond motifs is 8. The van der Waals surface area contributed by atoms with Crippen molar-refractivity contribution in [2.24, 2.45) is 0 Å². The molecule has 0 amide bonds. The van der Waals surface area contributed by atoms with Gasteiger partial charge in [0.05, 0.1) is 22.8 Å². The Labute approximate surface area is 294 Å². The fourth-order valence-corrected chi connectivity index (χ4v) is 6.69. The van der Waals surface area contributed by atoms with E-state index in [1.54, 1.807) is 0 Å². The molecule has 0 spiro atoms. The zero-order valence-electron chi connectivity index (χ0n) is 26.3. The molecule has 5 heterocycles. The van der Waals surface area contributed by atoms with E-state index in [0.29, 0.717) is 0 Å². The Morgan fingerprint density at radius 3 is 0.735 bits per heavy atom. The van der Waals surface area contributed by atoms with Crippen LogP contribution in [0.25, 0.3) is 90.9 Å². The summed E-state index contributed by atoms with van der Waals surface area (Å²) in [5, 5.41) is 0. The molecule has 2 aliphatic heterocycles. The molecule has 9 rings (SSSR count). The summed E-state index contributed by atoms with van der Waals surface area (Å²) in [4.78, 5) is 21.2. The number of nitrogens with zero attached hydrogens (tertiary/aromatic N) is 4. The second-order valence-corrected chi connectivity index (χ2v) is 11.8. The van der Waals surface area contributed by atoms with Gasteiger partial charge in [-0.1, -0.05) is 146 Å². The number of aromatic nitrogens is 4. The SMILES string of the molecule is C1=Cc2nc1c(-c1ccccc1)c1ccc([n-]1)c(-c1ccccc1)c1nc(c(-c3ccccc3)c3ccc([n-]3)c2-c2ccccc2)C=C1.[Ni]. The summed E-state index contributed by atoms with van der Waals surface area (Å²) < 4.78 is 0. The van der Waals surface area contributed by atoms with Crippen LogP contribution in [0.15, 0.2) is 146 Å². The Hall–Kier alpha value is -6.03. The molecule has 49 heavy (non-hydrogen) atoms. The van der Waals surface area contributed by atoms with Gasteiger partial charge < -0.3 is 9.97 Å². The van der Waals surface area contributed by atoms with Gasteiger partial charge in [-0.05, 0) is 68.8 Å². The molecule has 8 bridgehead atoms. The predicted molar refractivity (Wildman–Crippen MR) is 199 cm³/mol. The normalized spacial score (nSPS) is 11.8. The van der Waals surface area contributed by atoms with Crippen molar-refractivity contribution < 1.29 is 16.5 Å². The fraction of sp³-hybridized carbons (Fsp3) is 0. The van der Waals surface area contributed by atoms with E-state index in [1.165, 1.54) is 0 Å². The first-order chi connectivity index (χ1) is 23.8. The van der Waals surface area contributed by atoms with Crippen LogP contribution in [0.5, 0.6) is 0 Å². The van der Waals surface area contributed by atoms with Crippen molar-refractivity contribution in [3.63, 3.8) is 0 Å². The maximum atomic E-state index is 5.31. The average molecular weight is 671 g/mol. The second kappa shape index (κ2) is 12.9. The summed E-state index contributed by atoms with van der Waals surface area (Å²) >= 11 is 0. The van der Waals surface area contributed by atoms with E-state index in [-0.39, 0.29) is 16.5 Å².